The molecular formula is C12H12N2O4S. The van der Waals surface area contributed by atoms with Crippen LogP contribution in [0.2, 0.25) is 0 Å². The average molecular weight is 280 g/mol. The molecule has 1 fully saturated rings. The van der Waals surface area contributed by atoms with Crippen molar-refractivity contribution < 1.29 is 19.5 Å². The van der Waals surface area contributed by atoms with E-state index in [1.807, 2.05) is 0 Å². The molecule has 0 radical (unpaired) electrons. The molecule has 19 heavy (non-hydrogen) atoms. The van der Waals surface area contributed by atoms with E-state index in [2.05, 4.69) is 4.98 Å². The van der Waals surface area contributed by atoms with Crippen LogP contribution in [0.1, 0.15) is 23.2 Å². The molecule has 1 aromatic rings. The molecule has 7 heteroatoms. The van der Waals surface area contributed by atoms with Gasteiger partial charge in [-0.15, -0.1) is 0 Å². The lowest BCUT2D eigenvalue weighted by Crippen LogP contribution is -2.33. The van der Waals surface area contributed by atoms with Crippen molar-refractivity contribution in [3.8, 4) is 0 Å². The van der Waals surface area contributed by atoms with Gasteiger partial charge in [0.25, 0.3) is 0 Å². The lowest BCUT2D eigenvalue weighted by atomic mass is 10.3. The largest absolute Gasteiger partial charge is 0.478 e. The summed E-state index contributed by atoms with van der Waals surface area (Å²) in [6.45, 7) is 0.490. The van der Waals surface area contributed by atoms with Gasteiger partial charge in [0, 0.05) is 19.2 Å². The number of carboxylic acid groups (broad SMARTS) is 1. The maximum absolute atomic E-state index is 11.8. The summed E-state index contributed by atoms with van der Waals surface area (Å²) in [4.78, 5) is 39.0. The number of likely N-dealkylation sites (tertiary alicyclic amines) is 1. The van der Waals surface area contributed by atoms with Crippen LogP contribution in [0.15, 0.2) is 23.4 Å². The average Bonchev–Trinajstić information content (AvgIpc) is 2.83. The van der Waals surface area contributed by atoms with Gasteiger partial charge in [-0.1, -0.05) is 11.8 Å². The summed E-state index contributed by atoms with van der Waals surface area (Å²) in [6, 6.07) is 2.98. The Labute approximate surface area is 113 Å². The smallest absolute Gasteiger partial charge is 0.337 e. The third-order valence-electron chi connectivity index (χ3n) is 2.70. The fourth-order valence-corrected chi connectivity index (χ4v) is 2.44. The number of rotatable bonds is 4. The number of pyridine rings is 1. The Morgan fingerprint density at radius 2 is 2.21 bits per heavy atom. The second-order valence-electron chi connectivity index (χ2n) is 4.02. The van der Waals surface area contributed by atoms with E-state index < -0.39 is 5.97 Å². The van der Waals surface area contributed by atoms with Crippen LogP contribution in [-0.2, 0) is 9.59 Å². The van der Waals surface area contributed by atoms with Gasteiger partial charge in [-0.25, -0.2) is 9.78 Å². The first-order valence-corrected chi connectivity index (χ1v) is 6.72. The van der Waals surface area contributed by atoms with Gasteiger partial charge in [0.1, 0.15) is 0 Å². The first-order valence-electron chi connectivity index (χ1n) is 5.73. The molecule has 1 saturated heterocycles. The Morgan fingerprint density at radius 3 is 2.74 bits per heavy atom. The highest BCUT2D eigenvalue weighted by molar-refractivity contribution is 7.99. The first kappa shape index (κ1) is 13.5. The van der Waals surface area contributed by atoms with Crippen LogP contribution in [0, 0.1) is 0 Å². The summed E-state index contributed by atoms with van der Waals surface area (Å²) in [7, 11) is 0. The zero-order chi connectivity index (χ0) is 13.8. The Bertz CT molecular complexity index is 515. The third kappa shape index (κ3) is 3.31. The molecule has 2 heterocycles. The molecule has 0 bridgehead atoms. The van der Waals surface area contributed by atoms with Gasteiger partial charge in [0.05, 0.1) is 16.3 Å². The lowest BCUT2D eigenvalue weighted by molar-refractivity contribution is -0.140. The lowest BCUT2D eigenvalue weighted by Gasteiger charge is -2.12. The summed E-state index contributed by atoms with van der Waals surface area (Å²) in [5.41, 5.74) is 0.102. The van der Waals surface area contributed by atoms with Crippen molar-refractivity contribution in [3.05, 3.63) is 23.9 Å². The number of hydrogen-bond donors (Lipinski definition) is 1. The summed E-state index contributed by atoms with van der Waals surface area (Å²) in [5.74, 6) is -1.26. The maximum Gasteiger partial charge on any atom is 0.337 e. The van der Waals surface area contributed by atoms with Crippen LogP contribution in [-0.4, -0.2) is 45.1 Å². The fraction of sp³-hybridized carbons (Fsp3) is 0.333. The van der Waals surface area contributed by atoms with E-state index in [4.69, 9.17) is 5.11 Å². The molecule has 0 saturated carbocycles. The van der Waals surface area contributed by atoms with Crippen LogP contribution in [0.4, 0.5) is 0 Å². The quantitative estimate of drug-likeness (QED) is 0.828. The SMILES string of the molecule is O=C(O)c1ccc(SCC(=O)N2CCCC2=O)nc1. The van der Waals surface area contributed by atoms with E-state index >= 15 is 0 Å². The maximum atomic E-state index is 11.8. The monoisotopic (exact) mass is 280 g/mol. The van der Waals surface area contributed by atoms with E-state index in [0.29, 0.717) is 18.0 Å². The van der Waals surface area contributed by atoms with Crippen LogP contribution < -0.4 is 0 Å². The highest BCUT2D eigenvalue weighted by atomic mass is 32.2. The number of carboxylic acids is 1. The van der Waals surface area contributed by atoms with Gasteiger partial charge in [0.15, 0.2) is 0 Å². The normalized spacial score (nSPS) is 14.7. The van der Waals surface area contributed by atoms with Crippen molar-refractivity contribution in [1.29, 1.82) is 0 Å². The van der Waals surface area contributed by atoms with Gasteiger partial charge >= 0.3 is 5.97 Å². The number of carbonyl (C=O) groups is 3. The van der Waals surface area contributed by atoms with Crippen LogP contribution in [0.5, 0.6) is 0 Å². The second-order valence-corrected chi connectivity index (χ2v) is 5.02. The van der Waals surface area contributed by atoms with Crippen molar-refractivity contribution in [2.75, 3.05) is 12.3 Å². The van der Waals surface area contributed by atoms with Gasteiger partial charge in [-0.05, 0) is 18.6 Å². The minimum atomic E-state index is -1.04. The third-order valence-corrected chi connectivity index (χ3v) is 3.63. The van der Waals surface area contributed by atoms with Crippen LogP contribution in [0.25, 0.3) is 0 Å². The van der Waals surface area contributed by atoms with Crippen molar-refractivity contribution in [3.63, 3.8) is 0 Å². The van der Waals surface area contributed by atoms with E-state index in [1.54, 1.807) is 6.07 Å². The topological polar surface area (TPSA) is 87.6 Å². The van der Waals surface area contributed by atoms with Gasteiger partial charge in [0.2, 0.25) is 11.8 Å². The van der Waals surface area contributed by atoms with Crippen molar-refractivity contribution in [2.45, 2.75) is 17.9 Å². The number of aromatic nitrogens is 1. The van der Waals surface area contributed by atoms with Crippen LogP contribution >= 0.6 is 11.8 Å². The molecule has 0 spiro atoms. The van der Waals surface area contributed by atoms with E-state index in [9.17, 15) is 14.4 Å². The summed E-state index contributed by atoms with van der Waals surface area (Å²) in [5, 5.41) is 9.28. The molecule has 0 aliphatic carbocycles. The number of amides is 2. The van der Waals surface area contributed by atoms with Gasteiger partial charge in [-0.2, -0.15) is 0 Å². The number of hydrogen-bond acceptors (Lipinski definition) is 5. The molecule has 0 aromatic carbocycles. The van der Waals surface area contributed by atoms with E-state index in [1.165, 1.54) is 28.9 Å². The van der Waals surface area contributed by atoms with Crippen molar-refractivity contribution >= 4 is 29.5 Å². The molecule has 0 atom stereocenters. The molecule has 1 aliphatic rings. The molecule has 6 nitrogen and oxygen atoms in total. The number of imide groups is 1. The number of aromatic carboxylic acids is 1. The second kappa shape index (κ2) is 5.83. The molecule has 1 N–H and O–H groups in total. The molecule has 2 amide bonds. The summed E-state index contributed by atoms with van der Waals surface area (Å²) >= 11 is 1.19. The predicted octanol–water partition coefficient (Wildman–Crippen LogP) is 1.02. The van der Waals surface area contributed by atoms with Crippen molar-refractivity contribution in [1.82, 2.24) is 9.88 Å². The van der Waals surface area contributed by atoms with E-state index in [-0.39, 0.29) is 23.1 Å². The zero-order valence-electron chi connectivity index (χ0n) is 10.0. The highest BCUT2D eigenvalue weighted by Gasteiger charge is 2.26. The Hall–Kier alpha value is -1.89. The molecule has 100 valence electrons. The molecule has 1 aliphatic heterocycles. The standard InChI is InChI=1S/C12H12N2O4S/c15-10-2-1-5-14(10)11(16)7-19-9-4-3-8(6-13-9)12(17)18/h3-4,6H,1-2,5,7H2,(H,17,18). The Balaban J connectivity index is 1.89. The predicted molar refractivity (Wildman–Crippen MR) is 67.9 cm³/mol. The number of thioether (sulfide) groups is 1. The fourth-order valence-electron chi connectivity index (χ4n) is 1.72. The molecule has 2 rings (SSSR count). The highest BCUT2D eigenvalue weighted by Crippen LogP contribution is 2.18. The minimum absolute atomic E-state index is 0.102. The van der Waals surface area contributed by atoms with Gasteiger partial charge in [-0.3, -0.25) is 14.5 Å². The Kier molecular flexibility index (Phi) is 4.16. The van der Waals surface area contributed by atoms with Crippen LogP contribution in [0.3, 0.4) is 0 Å². The Morgan fingerprint density at radius 1 is 1.42 bits per heavy atom. The first-order chi connectivity index (χ1) is 9.08. The molecular weight excluding hydrogens is 268 g/mol. The number of carbonyl (C=O) groups excluding carboxylic acids is 2. The van der Waals surface area contributed by atoms with Crippen molar-refractivity contribution in [2.24, 2.45) is 0 Å². The molecule has 1 aromatic heterocycles. The minimum Gasteiger partial charge on any atom is -0.478 e. The van der Waals surface area contributed by atoms with E-state index in [0.717, 1.165) is 6.42 Å². The summed E-state index contributed by atoms with van der Waals surface area (Å²) in [6.07, 6.45) is 2.40. The molecule has 0 unspecified atom stereocenters. The number of nitrogens with zero attached hydrogens (tertiary/aromatic N) is 2. The summed E-state index contributed by atoms with van der Waals surface area (Å²) < 4.78 is 0. The van der Waals surface area contributed by atoms with Gasteiger partial charge < -0.3 is 5.11 Å². The zero-order valence-corrected chi connectivity index (χ0v) is 10.9.